The zero-order valence-corrected chi connectivity index (χ0v) is 12.3. The third-order valence-electron chi connectivity index (χ3n) is 3.90. The van der Waals surface area contributed by atoms with Crippen molar-refractivity contribution in [3.63, 3.8) is 0 Å². The van der Waals surface area contributed by atoms with E-state index in [0.717, 1.165) is 31.6 Å². The van der Waals surface area contributed by atoms with Crippen LogP contribution in [0, 0.1) is 6.92 Å². The van der Waals surface area contributed by atoms with Gasteiger partial charge >= 0.3 is 0 Å². The number of nitrogens with zero attached hydrogens (tertiary/aromatic N) is 4. The van der Waals surface area contributed by atoms with Gasteiger partial charge in [0.1, 0.15) is 0 Å². The molecule has 1 aromatic carbocycles. The molecule has 5 nitrogen and oxygen atoms in total. The summed E-state index contributed by atoms with van der Waals surface area (Å²) in [5.74, 6) is -0.00439. The van der Waals surface area contributed by atoms with Crippen LogP contribution in [0.4, 0.5) is 0 Å². The molecule has 0 unspecified atom stereocenters. The highest BCUT2D eigenvalue weighted by Crippen LogP contribution is 2.13. The van der Waals surface area contributed by atoms with E-state index in [2.05, 4.69) is 10.3 Å². The minimum atomic E-state index is -0.00439. The largest absolute Gasteiger partial charge is 0.337 e. The highest BCUT2D eigenvalue weighted by molar-refractivity contribution is 5.92. The number of hydrogen-bond acceptors (Lipinski definition) is 3. The van der Waals surface area contributed by atoms with Gasteiger partial charge < -0.3 is 4.90 Å². The number of rotatable bonds is 2. The normalized spacial score (nSPS) is 15.8. The third-order valence-corrected chi connectivity index (χ3v) is 3.90. The van der Waals surface area contributed by atoms with Crippen molar-refractivity contribution in [2.75, 3.05) is 13.1 Å². The fraction of sp³-hybridized carbons (Fsp3) is 0.438. The number of benzene rings is 1. The van der Waals surface area contributed by atoms with Crippen molar-refractivity contribution in [1.29, 1.82) is 0 Å². The molecule has 1 aliphatic rings. The number of likely N-dealkylation sites (tertiary alicyclic amines) is 1. The van der Waals surface area contributed by atoms with E-state index in [9.17, 15) is 4.79 Å². The van der Waals surface area contributed by atoms with Crippen LogP contribution in [0.5, 0.6) is 0 Å². The fourth-order valence-corrected chi connectivity index (χ4v) is 2.62. The monoisotopic (exact) mass is 284 g/mol. The first-order valence-electron chi connectivity index (χ1n) is 7.53. The molecular formula is C16H20N4O. The summed E-state index contributed by atoms with van der Waals surface area (Å²) in [6, 6.07) is 8.00. The number of aromatic nitrogens is 3. The van der Waals surface area contributed by atoms with Crippen LogP contribution in [0.3, 0.4) is 0 Å². The Morgan fingerprint density at radius 1 is 1.05 bits per heavy atom. The number of hydrogen-bond donors (Lipinski definition) is 0. The second-order valence-electron chi connectivity index (χ2n) is 5.59. The van der Waals surface area contributed by atoms with Crippen LogP contribution in [0.15, 0.2) is 30.5 Å². The zero-order chi connectivity index (χ0) is 14.7. The lowest BCUT2D eigenvalue weighted by molar-refractivity contribution is 0.0755. The smallest absolute Gasteiger partial charge is 0.276 e. The molecule has 0 atom stereocenters. The van der Waals surface area contributed by atoms with E-state index < -0.39 is 0 Å². The Morgan fingerprint density at radius 2 is 1.71 bits per heavy atom. The van der Waals surface area contributed by atoms with Crippen molar-refractivity contribution in [3.8, 4) is 5.69 Å². The number of amides is 1. The van der Waals surface area contributed by atoms with Crippen molar-refractivity contribution >= 4 is 5.91 Å². The van der Waals surface area contributed by atoms with Crippen molar-refractivity contribution < 1.29 is 4.79 Å². The van der Waals surface area contributed by atoms with Crippen LogP contribution in [-0.2, 0) is 0 Å². The molecule has 2 heterocycles. The lowest BCUT2D eigenvalue weighted by atomic mass is 10.2. The van der Waals surface area contributed by atoms with Crippen LogP contribution in [0.1, 0.15) is 41.7 Å². The van der Waals surface area contributed by atoms with E-state index in [1.165, 1.54) is 18.4 Å². The van der Waals surface area contributed by atoms with Gasteiger partial charge in [-0.25, -0.2) is 4.68 Å². The van der Waals surface area contributed by atoms with E-state index in [0.29, 0.717) is 5.69 Å². The molecule has 1 aliphatic heterocycles. The second-order valence-corrected chi connectivity index (χ2v) is 5.59. The molecule has 1 fully saturated rings. The third kappa shape index (κ3) is 3.12. The Morgan fingerprint density at radius 3 is 2.38 bits per heavy atom. The van der Waals surface area contributed by atoms with E-state index in [1.807, 2.05) is 36.1 Å². The number of carbonyl (C=O) groups excluding carboxylic acids is 1. The summed E-state index contributed by atoms with van der Waals surface area (Å²) in [6.07, 6.45) is 6.30. The predicted octanol–water partition coefficient (Wildman–Crippen LogP) is 2.59. The summed E-state index contributed by atoms with van der Waals surface area (Å²) in [7, 11) is 0. The van der Waals surface area contributed by atoms with Gasteiger partial charge in [0, 0.05) is 13.1 Å². The maximum atomic E-state index is 12.5. The molecule has 0 N–H and O–H groups in total. The summed E-state index contributed by atoms with van der Waals surface area (Å²) in [5.41, 5.74) is 2.54. The summed E-state index contributed by atoms with van der Waals surface area (Å²) in [4.78, 5) is 14.4. The summed E-state index contributed by atoms with van der Waals surface area (Å²) in [6.45, 7) is 3.70. The van der Waals surface area contributed by atoms with Crippen molar-refractivity contribution in [3.05, 3.63) is 41.7 Å². The first-order valence-corrected chi connectivity index (χ1v) is 7.53. The van der Waals surface area contributed by atoms with E-state index in [4.69, 9.17) is 0 Å². The first-order chi connectivity index (χ1) is 10.2. The zero-order valence-electron chi connectivity index (χ0n) is 12.3. The Bertz CT molecular complexity index is 609. The minimum absolute atomic E-state index is 0.00439. The topological polar surface area (TPSA) is 51.0 Å². The molecule has 1 aromatic heterocycles. The first kappa shape index (κ1) is 13.8. The molecule has 0 aliphatic carbocycles. The van der Waals surface area contributed by atoms with Gasteiger partial charge in [0.25, 0.3) is 5.91 Å². The van der Waals surface area contributed by atoms with E-state index in [1.54, 1.807) is 10.9 Å². The molecule has 110 valence electrons. The molecule has 2 aromatic rings. The molecule has 0 saturated carbocycles. The average molecular weight is 284 g/mol. The molecule has 0 bridgehead atoms. The second kappa shape index (κ2) is 6.08. The Hall–Kier alpha value is -2.17. The molecule has 21 heavy (non-hydrogen) atoms. The summed E-state index contributed by atoms with van der Waals surface area (Å²) >= 11 is 0. The van der Waals surface area contributed by atoms with E-state index in [-0.39, 0.29) is 5.91 Å². The van der Waals surface area contributed by atoms with Crippen LogP contribution in [-0.4, -0.2) is 38.9 Å². The highest BCUT2D eigenvalue weighted by atomic mass is 16.2. The van der Waals surface area contributed by atoms with Gasteiger partial charge in [0.05, 0.1) is 11.9 Å². The van der Waals surface area contributed by atoms with Crippen molar-refractivity contribution in [2.45, 2.75) is 32.6 Å². The number of carbonyl (C=O) groups is 1. The van der Waals surface area contributed by atoms with Crippen LogP contribution < -0.4 is 0 Å². The maximum Gasteiger partial charge on any atom is 0.276 e. The van der Waals surface area contributed by atoms with Gasteiger partial charge in [-0.2, -0.15) is 0 Å². The van der Waals surface area contributed by atoms with Crippen LogP contribution >= 0.6 is 0 Å². The molecule has 3 rings (SSSR count). The molecular weight excluding hydrogens is 264 g/mol. The Labute approximate surface area is 124 Å². The Kier molecular flexibility index (Phi) is 3.99. The standard InChI is InChI=1S/C16H20N4O/c1-13-6-8-14(9-7-13)20-12-15(17-18-20)16(21)19-10-4-2-3-5-11-19/h6-9,12H,2-5,10-11H2,1H3. The lowest BCUT2D eigenvalue weighted by Crippen LogP contribution is -2.32. The maximum absolute atomic E-state index is 12.5. The lowest BCUT2D eigenvalue weighted by Gasteiger charge is -2.18. The Balaban J connectivity index is 1.77. The molecule has 5 heteroatoms. The van der Waals surface area contributed by atoms with Gasteiger partial charge in [-0.3, -0.25) is 4.79 Å². The van der Waals surface area contributed by atoms with Gasteiger partial charge in [-0.15, -0.1) is 5.10 Å². The molecule has 0 radical (unpaired) electrons. The number of aryl methyl sites for hydroxylation is 1. The van der Waals surface area contributed by atoms with Gasteiger partial charge in [0.2, 0.25) is 0 Å². The molecule has 1 amide bonds. The highest BCUT2D eigenvalue weighted by Gasteiger charge is 2.20. The summed E-state index contributed by atoms with van der Waals surface area (Å²) < 4.78 is 1.66. The van der Waals surface area contributed by atoms with Crippen molar-refractivity contribution in [2.24, 2.45) is 0 Å². The van der Waals surface area contributed by atoms with Crippen LogP contribution in [0.25, 0.3) is 5.69 Å². The quantitative estimate of drug-likeness (QED) is 0.851. The average Bonchev–Trinajstić information content (AvgIpc) is 2.83. The van der Waals surface area contributed by atoms with Gasteiger partial charge in [0.15, 0.2) is 5.69 Å². The van der Waals surface area contributed by atoms with Gasteiger partial charge in [-0.05, 0) is 31.9 Å². The van der Waals surface area contributed by atoms with Gasteiger partial charge in [-0.1, -0.05) is 35.8 Å². The van der Waals surface area contributed by atoms with E-state index >= 15 is 0 Å². The minimum Gasteiger partial charge on any atom is -0.337 e. The predicted molar refractivity (Wildman–Crippen MR) is 80.5 cm³/mol. The fourth-order valence-electron chi connectivity index (χ4n) is 2.62. The van der Waals surface area contributed by atoms with Crippen LogP contribution in [0.2, 0.25) is 0 Å². The van der Waals surface area contributed by atoms with Crippen molar-refractivity contribution in [1.82, 2.24) is 19.9 Å². The summed E-state index contributed by atoms with van der Waals surface area (Å²) in [5, 5.41) is 8.12. The molecule has 0 spiro atoms. The SMILES string of the molecule is Cc1ccc(-n2cc(C(=O)N3CCCCCC3)nn2)cc1. The molecule has 1 saturated heterocycles.